The molecule has 1 fully saturated rings. The molecule has 2 aromatic heterocycles. The molecular weight excluding hydrogens is 324 g/mol. The largest absolute Gasteiger partial charge is 0.485 e. The molecule has 0 bridgehead atoms. The quantitative estimate of drug-likeness (QED) is 0.785. The van der Waals surface area contributed by atoms with E-state index < -0.39 is 0 Å². The normalized spacial score (nSPS) is 16.9. The van der Waals surface area contributed by atoms with E-state index in [9.17, 15) is 4.79 Å². The van der Waals surface area contributed by atoms with Crippen LogP contribution < -0.4 is 9.64 Å². The Bertz CT molecular complexity index is 731. The van der Waals surface area contributed by atoms with Crippen molar-refractivity contribution in [2.24, 2.45) is 0 Å². The molecule has 1 aliphatic heterocycles. The second-order valence-corrected chi connectivity index (χ2v) is 6.11. The molecule has 1 aliphatic rings. The van der Waals surface area contributed by atoms with E-state index in [-0.39, 0.29) is 12.0 Å². The zero-order valence-corrected chi connectivity index (χ0v) is 14.6. The fourth-order valence-corrected chi connectivity index (χ4v) is 2.78. The van der Waals surface area contributed by atoms with Crippen LogP contribution in [0.1, 0.15) is 22.7 Å². The molecule has 1 amide bonds. The van der Waals surface area contributed by atoms with Crippen molar-refractivity contribution in [3.63, 3.8) is 0 Å². The van der Waals surface area contributed by atoms with E-state index in [1.165, 1.54) is 0 Å². The van der Waals surface area contributed by atoms with Crippen LogP contribution >= 0.6 is 0 Å². The summed E-state index contributed by atoms with van der Waals surface area (Å²) in [6, 6.07) is 5.35. The van der Waals surface area contributed by atoms with Gasteiger partial charge in [0.1, 0.15) is 12.7 Å². The van der Waals surface area contributed by atoms with Crippen molar-refractivity contribution in [3.8, 4) is 5.75 Å². The molecule has 0 unspecified atom stereocenters. The van der Waals surface area contributed by atoms with Gasteiger partial charge < -0.3 is 23.8 Å². The lowest BCUT2D eigenvalue weighted by Crippen LogP contribution is -2.31. The van der Waals surface area contributed by atoms with Gasteiger partial charge in [0, 0.05) is 46.4 Å². The zero-order chi connectivity index (χ0) is 17.8. The molecular formula is C17H22N4O4. The Hall–Kier alpha value is -2.61. The van der Waals surface area contributed by atoms with E-state index in [1.54, 1.807) is 24.3 Å². The van der Waals surface area contributed by atoms with Gasteiger partial charge in [-0.05, 0) is 12.1 Å². The van der Waals surface area contributed by atoms with Gasteiger partial charge in [-0.25, -0.2) is 4.98 Å². The predicted octanol–water partition coefficient (Wildman–Crippen LogP) is 1.58. The highest BCUT2D eigenvalue weighted by atomic mass is 16.5. The molecule has 0 aromatic carbocycles. The van der Waals surface area contributed by atoms with Gasteiger partial charge >= 0.3 is 0 Å². The monoisotopic (exact) mass is 346 g/mol. The summed E-state index contributed by atoms with van der Waals surface area (Å²) < 4.78 is 16.1. The van der Waals surface area contributed by atoms with Crippen LogP contribution in [0.25, 0.3) is 0 Å². The number of hydrogen-bond acceptors (Lipinski definition) is 7. The number of anilines is 1. The Balaban J connectivity index is 1.62. The number of rotatable bonds is 6. The van der Waals surface area contributed by atoms with Crippen molar-refractivity contribution in [1.29, 1.82) is 0 Å². The minimum atomic E-state index is -0.156. The lowest BCUT2D eigenvalue weighted by atomic mass is 10.3. The molecule has 3 heterocycles. The first-order valence-corrected chi connectivity index (χ1v) is 8.11. The van der Waals surface area contributed by atoms with Crippen LogP contribution in [0.15, 0.2) is 28.9 Å². The second kappa shape index (κ2) is 7.52. The SMILES string of the molecule is COCc1cc(C(=O)N2CC[C@@H](Oc3cccnc3N(C)C)C2)no1. The molecule has 0 saturated carbocycles. The topological polar surface area (TPSA) is 80.9 Å². The van der Waals surface area contributed by atoms with Gasteiger partial charge in [0.15, 0.2) is 23.0 Å². The van der Waals surface area contributed by atoms with Crippen molar-refractivity contribution < 1.29 is 18.8 Å². The number of carbonyl (C=O) groups is 1. The van der Waals surface area contributed by atoms with Gasteiger partial charge in [0.05, 0.1) is 6.54 Å². The summed E-state index contributed by atoms with van der Waals surface area (Å²) in [5.74, 6) is 1.86. The van der Waals surface area contributed by atoms with E-state index in [2.05, 4.69) is 10.1 Å². The maximum absolute atomic E-state index is 12.5. The van der Waals surface area contributed by atoms with Gasteiger partial charge in [0.2, 0.25) is 0 Å². The standard InChI is InChI=1S/C17H22N4O4/c1-20(2)16-15(5-4-7-18-16)24-12-6-8-21(10-12)17(22)14-9-13(11-23-3)25-19-14/h4-5,7,9,12H,6,8,10-11H2,1-3H3/t12-/m1/s1. The Kier molecular flexibility index (Phi) is 5.18. The Morgan fingerprint density at radius 2 is 2.32 bits per heavy atom. The molecule has 25 heavy (non-hydrogen) atoms. The molecule has 8 heteroatoms. The van der Waals surface area contributed by atoms with Crippen LogP contribution in [-0.4, -0.2) is 61.3 Å². The summed E-state index contributed by atoms with van der Waals surface area (Å²) in [5, 5.41) is 3.82. The van der Waals surface area contributed by atoms with E-state index in [0.717, 1.165) is 18.0 Å². The molecule has 0 radical (unpaired) electrons. The van der Waals surface area contributed by atoms with Crippen LogP contribution in [0.2, 0.25) is 0 Å². The molecule has 1 saturated heterocycles. The Labute approximate surface area is 146 Å². The predicted molar refractivity (Wildman–Crippen MR) is 90.7 cm³/mol. The lowest BCUT2D eigenvalue weighted by molar-refractivity contribution is 0.0761. The average Bonchev–Trinajstić information content (AvgIpc) is 3.25. The third kappa shape index (κ3) is 3.90. The molecule has 0 spiro atoms. The third-order valence-corrected chi connectivity index (χ3v) is 3.97. The summed E-state index contributed by atoms with van der Waals surface area (Å²) in [4.78, 5) is 20.5. The van der Waals surface area contributed by atoms with Crippen molar-refractivity contribution in [2.75, 3.05) is 39.2 Å². The van der Waals surface area contributed by atoms with Crippen LogP contribution in [-0.2, 0) is 11.3 Å². The molecule has 0 aliphatic carbocycles. The van der Waals surface area contributed by atoms with Crippen molar-refractivity contribution in [3.05, 3.63) is 35.9 Å². The van der Waals surface area contributed by atoms with Crippen molar-refractivity contribution >= 4 is 11.7 Å². The Morgan fingerprint density at radius 1 is 1.48 bits per heavy atom. The fraction of sp³-hybridized carbons (Fsp3) is 0.471. The second-order valence-electron chi connectivity index (χ2n) is 6.11. The van der Waals surface area contributed by atoms with Gasteiger partial charge in [-0.3, -0.25) is 4.79 Å². The molecule has 1 atom stereocenters. The first kappa shape index (κ1) is 17.2. The summed E-state index contributed by atoms with van der Waals surface area (Å²) in [5.41, 5.74) is 0.294. The van der Waals surface area contributed by atoms with Gasteiger partial charge in [-0.2, -0.15) is 0 Å². The maximum Gasteiger partial charge on any atom is 0.276 e. The summed E-state index contributed by atoms with van der Waals surface area (Å²) in [7, 11) is 5.40. The number of aromatic nitrogens is 2. The number of hydrogen-bond donors (Lipinski definition) is 0. The van der Waals surface area contributed by atoms with Crippen LogP contribution in [0.5, 0.6) is 5.75 Å². The highest BCUT2D eigenvalue weighted by molar-refractivity contribution is 5.92. The number of carbonyl (C=O) groups excluding carboxylic acids is 1. The van der Waals surface area contributed by atoms with E-state index in [1.807, 2.05) is 31.1 Å². The number of likely N-dealkylation sites (tertiary alicyclic amines) is 1. The summed E-state index contributed by atoms with van der Waals surface area (Å²) in [6.07, 6.45) is 2.42. The van der Waals surface area contributed by atoms with Gasteiger partial charge in [-0.15, -0.1) is 0 Å². The van der Waals surface area contributed by atoms with Crippen LogP contribution in [0.4, 0.5) is 5.82 Å². The van der Waals surface area contributed by atoms with E-state index in [0.29, 0.717) is 31.2 Å². The van der Waals surface area contributed by atoms with Gasteiger partial charge in [-0.1, -0.05) is 5.16 Å². The number of amides is 1. The molecule has 134 valence electrons. The first-order chi connectivity index (χ1) is 12.1. The lowest BCUT2D eigenvalue weighted by Gasteiger charge is -2.20. The summed E-state index contributed by atoms with van der Waals surface area (Å²) >= 11 is 0. The van der Waals surface area contributed by atoms with Gasteiger partial charge in [0.25, 0.3) is 5.91 Å². The number of pyridine rings is 1. The molecule has 2 aromatic rings. The minimum absolute atomic E-state index is 0.0720. The highest BCUT2D eigenvalue weighted by Crippen LogP contribution is 2.27. The fourth-order valence-electron chi connectivity index (χ4n) is 2.78. The number of methoxy groups -OCH3 is 1. The molecule has 3 rings (SSSR count). The van der Waals surface area contributed by atoms with Crippen LogP contribution in [0.3, 0.4) is 0 Å². The number of nitrogens with zero attached hydrogens (tertiary/aromatic N) is 4. The van der Waals surface area contributed by atoms with E-state index >= 15 is 0 Å². The van der Waals surface area contributed by atoms with E-state index in [4.69, 9.17) is 14.0 Å². The third-order valence-electron chi connectivity index (χ3n) is 3.97. The van der Waals surface area contributed by atoms with Crippen molar-refractivity contribution in [1.82, 2.24) is 15.0 Å². The molecule has 0 N–H and O–H groups in total. The zero-order valence-electron chi connectivity index (χ0n) is 14.6. The maximum atomic E-state index is 12.5. The van der Waals surface area contributed by atoms with Crippen molar-refractivity contribution in [2.45, 2.75) is 19.1 Å². The molecule has 8 nitrogen and oxygen atoms in total. The number of ether oxygens (including phenoxy) is 2. The summed E-state index contributed by atoms with van der Waals surface area (Å²) in [6.45, 7) is 1.42. The average molecular weight is 346 g/mol. The minimum Gasteiger partial charge on any atom is -0.485 e. The Morgan fingerprint density at radius 3 is 3.08 bits per heavy atom. The first-order valence-electron chi connectivity index (χ1n) is 8.11. The highest BCUT2D eigenvalue weighted by Gasteiger charge is 2.30. The van der Waals surface area contributed by atoms with Crippen LogP contribution in [0, 0.1) is 0 Å². The smallest absolute Gasteiger partial charge is 0.276 e.